The van der Waals surface area contributed by atoms with Crippen LogP contribution in [0, 0.1) is 5.92 Å². The molecule has 31 heavy (non-hydrogen) atoms. The smallest absolute Gasteiger partial charge is 0.277 e. The highest BCUT2D eigenvalue weighted by atomic mass is 16.2. The molecule has 0 aromatic heterocycles. The van der Waals surface area contributed by atoms with Gasteiger partial charge in [-0.2, -0.15) is 0 Å². The molecular formula is C25H34N4O2+2. The van der Waals surface area contributed by atoms with E-state index in [1.165, 1.54) is 16.0 Å². The second-order valence-corrected chi connectivity index (χ2v) is 8.90. The molecule has 0 radical (unpaired) electrons. The van der Waals surface area contributed by atoms with E-state index >= 15 is 0 Å². The molecule has 2 aromatic carbocycles. The highest BCUT2D eigenvalue weighted by Crippen LogP contribution is 2.19. The standard InChI is InChI=1S/C25H32N4O2/c26-25(31)22-11-13-28(14-12-22)23(30)19-27-15-17-29(18-16-27)24(20-7-3-1-4-8-20)21-9-5-2-6-10-21/h1-10,22,24H,11-19H2,(H2,26,31)/p+2. The highest BCUT2D eigenvalue weighted by molar-refractivity contribution is 5.79. The number of primary amides is 1. The van der Waals surface area contributed by atoms with Crippen LogP contribution in [-0.2, 0) is 9.59 Å². The molecule has 2 amide bonds. The lowest BCUT2D eigenvalue weighted by Gasteiger charge is -2.36. The number of rotatable bonds is 6. The van der Waals surface area contributed by atoms with Gasteiger partial charge in [-0.15, -0.1) is 0 Å². The summed E-state index contributed by atoms with van der Waals surface area (Å²) in [5.41, 5.74) is 8.11. The molecular weight excluding hydrogens is 388 g/mol. The fourth-order valence-electron chi connectivity index (χ4n) is 5.08. The first kappa shape index (κ1) is 21.5. The van der Waals surface area contributed by atoms with Crippen LogP contribution in [0.25, 0.3) is 0 Å². The Morgan fingerprint density at radius 2 is 1.39 bits per heavy atom. The Hall–Kier alpha value is -2.70. The van der Waals surface area contributed by atoms with Crippen LogP contribution >= 0.6 is 0 Å². The number of hydrogen-bond acceptors (Lipinski definition) is 2. The zero-order chi connectivity index (χ0) is 21.6. The first-order valence-corrected chi connectivity index (χ1v) is 11.5. The van der Waals surface area contributed by atoms with Crippen LogP contribution in [0.15, 0.2) is 60.7 Å². The van der Waals surface area contributed by atoms with Crippen molar-refractivity contribution >= 4 is 11.8 Å². The lowest BCUT2D eigenvalue weighted by molar-refractivity contribution is -1.02. The van der Waals surface area contributed by atoms with E-state index in [1.807, 2.05) is 4.90 Å². The molecule has 0 unspecified atom stereocenters. The summed E-state index contributed by atoms with van der Waals surface area (Å²) in [6.45, 7) is 5.93. The van der Waals surface area contributed by atoms with Gasteiger partial charge in [0, 0.05) is 30.1 Å². The van der Waals surface area contributed by atoms with E-state index in [0.29, 0.717) is 38.5 Å². The van der Waals surface area contributed by atoms with Crippen molar-refractivity contribution < 1.29 is 19.4 Å². The molecule has 0 bridgehead atoms. The molecule has 0 aliphatic carbocycles. The van der Waals surface area contributed by atoms with Crippen molar-refractivity contribution in [2.24, 2.45) is 11.7 Å². The fraction of sp³-hybridized carbons (Fsp3) is 0.440. The molecule has 6 heteroatoms. The van der Waals surface area contributed by atoms with E-state index in [4.69, 9.17) is 5.73 Å². The van der Waals surface area contributed by atoms with Gasteiger partial charge in [0.15, 0.2) is 6.54 Å². The third-order valence-electron chi connectivity index (χ3n) is 6.92. The van der Waals surface area contributed by atoms with Gasteiger partial charge in [0.2, 0.25) is 5.91 Å². The summed E-state index contributed by atoms with van der Waals surface area (Å²) in [5, 5.41) is 0. The maximum atomic E-state index is 12.8. The van der Waals surface area contributed by atoms with Crippen LogP contribution in [-0.4, -0.2) is 62.5 Å². The minimum atomic E-state index is -0.233. The van der Waals surface area contributed by atoms with Gasteiger partial charge in [-0.1, -0.05) is 60.7 Å². The zero-order valence-corrected chi connectivity index (χ0v) is 18.1. The van der Waals surface area contributed by atoms with Crippen molar-refractivity contribution in [2.75, 3.05) is 45.8 Å². The summed E-state index contributed by atoms with van der Waals surface area (Å²) in [4.78, 5) is 29.0. The van der Waals surface area contributed by atoms with Gasteiger partial charge in [0.25, 0.3) is 5.91 Å². The minimum absolute atomic E-state index is 0.0727. The summed E-state index contributed by atoms with van der Waals surface area (Å²) >= 11 is 0. The van der Waals surface area contributed by atoms with Crippen molar-refractivity contribution in [3.05, 3.63) is 71.8 Å². The Balaban J connectivity index is 1.34. The first-order valence-electron chi connectivity index (χ1n) is 11.5. The largest absolute Gasteiger partial charge is 0.369 e. The Labute approximate surface area is 184 Å². The Morgan fingerprint density at radius 3 is 1.87 bits per heavy atom. The predicted molar refractivity (Wildman–Crippen MR) is 119 cm³/mol. The van der Waals surface area contributed by atoms with E-state index < -0.39 is 0 Å². The molecule has 2 aliphatic rings. The Bertz CT molecular complexity index is 818. The zero-order valence-electron chi connectivity index (χ0n) is 18.1. The number of carbonyl (C=O) groups is 2. The van der Waals surface area contributed by atoms with E-state index in [2.05, 4.69) is 60.7 Å². The van der Waals surface area contributed by atoms with Gasteiger partial charge in [-0.05, 0) is 12.8 Å². The molecule has 2 aromatic rings. The van der Waals surface area contributed by atoms with Gasteiger partial charge < -0.3 is 20.4 Å². The number of nitrogens with zero attached hydrogens (tertiary/aromatic N) is 1. The number of carbonyl (C=O) groups excluding carboxylic acids is 2. The lowest BCUT2D eigenvalue weighted by atomic mass is 9.96. The molecule has 2 saturated heterocycles. The number of hydrogen-bond donors (Lipinski definition) is 3. The number of nitrogens with two attached hydrogens (primary N) is 1. The number of benzene rings is 2. The number of nitrogens with one attached hydrogen (secondary N) is 2. The summed E-state index contributed by atoms with van der Waals surface area (Å²) in [6.07, 6.45) is 1.40. The Morgan fingerprint density at radius 1 is 0.871 bits per heavy atom. The first-order chi connectivity index (χ1) is 15.1. The third-order valence-corrected chi connectivity index (χ3v) is 6.92. The number of amides is 2. The second-order valence-electron chi connectivity index (χ2n) is 8.90. The van der Waals surface area contributed by atoms with Crippen LogP contribution in [0.1, 0.15) is 30.0 Å². The van der Waals surface area contributed by atoms with Gasteiger partial charge >= 0.3 is 0 Å². The second kappa shape index (κ2) is 10.1. The highest BCUT2D eigenvalue weighted by Gasteiger charge is 2.34. The van der Waals surface area contributed by atoms with Crippen LogP contribution < -0.4 is 15.5 Å². The molecule has 4 N–H and O–H groups in total. The maximum Gasteiger partial charge on any atom is 0.277 e. The lowest BCUT2D eigenvalue weighted by Crippen LogP contribution is -3.28. The van der Waals surface area contributed by atoms with Crippen molar-refractivity contribution in [2.45, 2.75) is 18.9 Å². The number of piperidine rings is 1. The molecule has 4 rings (SSSR count). The van der Waals surface area contributed by atoms with E-state index in [-0.39, 0.29) is 17.7 Å². The molecule has 2 aliphatic heterocycles. The van der Waals surface area contributed by atoms with Gasteiger partial charge in [-0.3, -0.25) is 9.59 Å². The van der Waals surface area contributed by atoms with Crippen LogP contribution in [0.4, 0.5) is 0 Å². The van der Waals surface area contributed by atoms with Gasteiger partial charge in [0.05, 0.1) is 0 Å². The third kappa shape index (κ3) is 5.32. The topological polar surface area (TPSA) is 72.3 Å². The average Bonchev–Trinajstić information content (AvgIpc) is 2.82. The molecule has 0 saturated carbocycles. The number of piperazine rings is 1. The van der Waals surface area contributed by atoms with Crippen molar-refractivity contribution in [3.63, 3.8) is 0 Å². The van der Waals surface area contributed by atoms with Crippen molar-refractivity contribution in [1.29, 1.82) is 0 Å². The number of quaternary nitrogens is 2. The fourth-order valence-corrected chi connectivity index (χ4v) is 5.08. The van der Waals surface area contributed by atoms with Crippen LogP contribution in [0.3, 0.4) is 0 Å². The minimum Gasteiger partial charge on any atom is -0.369 e. The molecule has 2 heterocycles. The molecule has 0 spiro atoms. The molecule has 0 atom stereocenters. The number of likely N-dealkylation sites (tertiary alicyclic amines) is 1. The summed E-state index contributed by atoms with van der Waals surface area (Å²) in [6, 6.07) is 21.8. The predicted octanol–water partition coefficient (Wildman–Crippen LogP) is -0.717. The Kier molecular flexibility index (Phi) is 6.99. The van der Waals surface area contributed by atoms with Crippen LogP contribution in [0.2, 0.25) is 0 Å². The maximum absolute atomic E-state index is 12.8. The summed E-state index contributed by atoms with van der Waals surface area (Å²) < 4.78 is 0. The van der Waals surface area contributed by atoms with E-state index in [0.717, 1.165) is 26.2 Å². The summed E-state index contributed by atoms with van der Waals surface area (Å²) in [5.74, 6) is -0.0938. The van der Waals surface area contributed by atoms with Crippen molar-refractivity contribution in [1.82, 2.24) is 4.90 Å². The van der Waals surface area contributed by atoms with E-state index in [1.54, 1.807) is 4.90 Å². The SMILES string of the molecule is NC(=O)C1CCN(C(=O)C[NH+]2CC[NH+](C(c3ccccc3)c3ccccc3)CC2)CC1. The monoisotopic (exact) mass is 422 g/mol. The van der Waals surface area contributed by atoms with Gasteiger partial charge in [0.1, 0.15) is 32.2 Å². The van der Waals surface area contributed by atoms with Crippen molar-refractivity contribution in [3.8, 4) is 0 Å². The average molecular weight is 423 g/mol. The molecule has 2 fully saturated rings. The quantitative estimate of drug-likeness (QED) is 0.575. The van der Waals surface area contributed by atoms with Crippen LogP contribution in [0.5, 0.6) is 0 Å². The molecule has 164 valence electrons. The normalized spacial score (nSPS) is 22.4. The molecule has 6 nitrogen and oxygen atoms in total. The van der Waals surface area contributed by atoms with E-state index in [9.17, 15) is 9.59 Å². The van der Waals surface area contributed by atoms with Gasteiger partial charge in [-0.25, -0.2) is 0 Å². The summed E-state index contributed by atoms with van der Waals surface area (Å²) in [7, 11) is 0.